The fourth-order valence-electron chi connectivity index (χ4n) is 7.34. The van der Waals surface area contributed by atoms with Gasteiger partial charge in [-0.2, -0.15) is 0 Å². The lowest BCUT2D eigenvalue weighted by Gasteiger charge is -2.52. The van der Waals surface area contributed by atoms with Gasteiger partial charge in [0.05, 0.1) is 12.1 Å². The van der Waals surface area contributed by atoms with Crippen LogP contribution in [0.5, 0.6) is 0 Å². The first kappa shape index (κ1) is 24.3. The van der Waals surface area contributed by atoms with Gasteiger partial charge in [0, 0.05) is 48.2 Å². The van der Waals surface area contributed by atoms with Gasteiger partial charge in [0.1, 0.15) is 0 Å². The summed E-state index contributed by atoms with van der Waals surface area (Å²) in [6.45, 7) is 13.7. The molecule has 0 bridgehead atoms. The number of aromatic amines is 1. The number of aliphatic hydroxyl groups is 1. The van der Waals surface area contributed by atoms with Gasteiger partial charge in [-0.15, -0.1) is 0 Å². The Morgan fingerprint density at radius 3 is 2.85 bits per heavy atom. The minimum Gasteiger partial charge on any atom is -0.393 e. The molecule has 1 aromatic carbocycles. The Bertz CT molecular complexity index is 937. The maximum atomic E-state index is 11.1. The molecule has 3 heterocycles. The molecule has 2 fully saturated rings. The quantitative estimate of drug-likeness (QED) is 0.507. The van der Waals surface area contributed by atoms with Crippen LogP contribution in [0.3, 0.4) is 0 Å². The van der Waals surface area contributed by atoms with E-state index in [0.29, 0.717) is 23.9 Å². The molecule has 1 aliphatic carbocycles. The smallest absolute Gasteiger partial charge is 0.0583 e. The van der Waals surface area contributed by atoms with Crippen molar-refractivity contribution in [3.05, 3.63) is 35.5 Å². The van der Waals surface area contributed by atoms with Crippen LogP contribution in [0, 0.1) is 17.8 Å². The normalized spacial score (nSPS) is 30.2. The van der Waals surface area contributed by atoms with Gasteiger partial charge in [-0.1, -0.05) is 32.0 Å². The average Bonchev–Trinajstić information content (AvgIpc) is 3.24. The lowest BCUT2D eigenvalue weighted by atomic mass is 9.65. The number of nitrogens with zero attached hydrogens (tertiary/aromatic N) is 2. The van der Waals surface area contributed by atoms with Gasteiger partial charge in [0.15, 0.2) is 0 Å². The number of hydrogen-bond donors (Lipinski definition) is 3. The summed E-state index contributed by atoms with van der Waals surface area (Å²) < 4.78 is 0. The summed E-state index contributed by atoms with van der Waals surface area (Å²) in [6, 6.07) is 9.81. The predicted molar refractivity (Wildman–Crippen MR) is 141 cm³/mol. The second-order valence-corrected chi connectivity index (χ2v) is 11.3. The lowest BCUT2D eigenvalue weighted by Crippen LogP contribution is -2.53. The standard InChI is InChI=1S/C29H46N4O/c1-4-32(5-2)15-8-9-20(3)30-18-25-24-17-27-29-23(22-10-6-7-11-26(22)31-29)14-16-33(27)19-21(24)12-13-28(25)34/h6-7,10-11,20-21,24-25,27-28,30-31,34H,4-5,8-9,12-19H2,1-3H3/t20-,21-,24-,25-,27+,28+/m0/s1. The fraction of sp³-hybridized carbons (Fsp3) is 0.724. The third kappa shape index (κ3) is 4.82. The van der Waals surface area contributed by atoms with Crippen molar-refractivity contribution in [2.24, 2.45) is 17.8 Å². The summed E-state index contributed by atoms with van der Waals surface area (Å²) in [4.78, 5) is 9.06. The van der Waals surface area contributed by atoms with Gasteiger partial charge in [-0.3, -0.25) is 4.90 Å². The van der Waals surface area contributed by atoms with Gasteiger partial charge >= 0.3 is 0 Å². The minimum absolute atomic E-state index is 0.158. The van der Waals surface area contributed by atoms with Crippen LogP contribution in [0.1, 0.15) is 70.2 Å². The van der Waals surface area contributed by atoms with Crippen LogP contribution in [-0.2, 0) is 6.42 Å². The largest absolute Gasteiger partial charge is 0.393 e. The topological polar surface area (TPSA) is 54.5 Å². The monoisotopic (exact) mass is 466 g/mol. The maximum absolute atomic E-state index is 11.1. The van der Waals surface area contributed by atoms with Crippen LogP contribution in [0.2, 0.25) is 0 Å². The number of piperidine rings is 1. The number of H-pyrrole nitrogens is 1. The van der Waals surface area contributed by atoms with Gasteiger partial charge in [-0.25, -0.2) is 0 Å². The van der Waals surface area contributed by atoms with E-state index in [-0.39, 0.29) is 6.10 Å². The fourth-order valence-corrected chi connectivity index (χ4v) is 7.34. The van der Waals surface area contributed by atoms with Crippen LogP contribution >= 0.6 is 0 Å². The highest BCUT2D eigenvalue weighted by Crippen LogP contribution is 2.49. The second-order valence-electron chi connectivity index (χ2n) is 11.3. The number of rotatable bonds is 9. The number of aromatic nitrogens is 1. The Morgan fingerprint density at radius 1 is 1.21 bits per heavy atom. The zero-order chi connectivity index (χ0) is 23.7. The molecular weight excluding hydrogens is 420 g/mol. The van der Waals surface area contributed by atoms with Crippen LogP contribution in [-0.4, -0.2) is 71.3 Å². The Morgan fingerprint density at radius 2 is 2.03 bits per heavy atom. The summed E-state index contributed by atoms with van der Waals surface area (Å²) in [5.41, 5.74) is 4.29. The molecule has 2 aliphatic heterocycles. The van der Waals surface area contributed by atoms with Crippen LogP contribution in [0.4, 0.5) is 0 Å². The Labute approximate surface area is 206 Å². The van der Waals surface area contributed by atoms with Crippen molar-refractivity contribution in [1.82, 2.24) is 20.1 Å². The van der Waals surface area contributed by atoms with Crippen LogP contribution in [0.25, 0.3) is 10.9 Å². The van der Waals surface area contributed by atoms with Crippen molar-refractivity contribution in [1.29, 1.82) is 0 Å². The number of hydrogen-bond acceptors (Lipinski definition) is 4. The van der Waals surface area contributed by atoms with Crippen LogP contribution in [0.15, 0.2) is 24.3 Å². The van der Waals surface area contributed by atoms with Crippen molar-refractivity contribution in [2.75, 3.05) is 39.3 Å². The average molecular weight is 467 g/mol. The van der Waals surface area contributed by atoms with E-state index in [1.54, 1.807) is 5.56 Å². The highest BCUT2D eigenvalue weighted by atomic mass is 16.3. The van der Waals surface area contributed by atoms with E-state index < -0.39 is 0 Å². The van der Waals surface area contributed by atoms with Gasteiger partial charge in [0.2, 0.25) is 0 Å². The molecule has 34 heavy (non-hydrogen) atoms. The van der Waals surface area contributed by atoms with E-state index in [9.17, 15) is 5.11 Å². The molecule has 5 nitrogen and oxygen atoms in total. The van der Waals surface area contributed by atoms with Gasteiger partial charge in [-0.05, 0) is 88.5 Å². The molecule has 0 radical (unpaired) electrons. The number of para-hydroxylation sites is 1. The Hall–Kier alpha value is -1.40. The first-order valence-corrected chi connectivity index (χ1v) is 14.1. The molecule has 3 N–H and O–H groups in total. The summed E-state index contributed by atoms with van der Waals surface area (Å²) in [5, 5.41) is 16.3. The van der Waals surface area contributed by atoms with Gasteiger partial charge < -0.3 is 20.3 Å². The molecule has 188 valence electrons. The number of nitrogens with one attached hydrogen (secondary N) is 2. The summed E-state index contributed by atoms with van der Waals surface area (Å²) >= 11 is 0. The molecule has 6 atom stereocenters. The molecule has 0 amide bonds. The van der Waals surface area contributed by atoms with Crippen molar-refractivity contribution >= 4 is 10.9 Å². The SMILES string of the molecule is CCN(CC)CCC[C@H](C)NC[C@H]1[C@H]2C[C@@H]3c4[nH]c5ccccc5c4CCN3C[C@@H]2CC[C@H]1O. The third-order valence-corrected chi connectivity index (χ3v) is 9.42. The number of benzene rings is 1. The zero-order valence-electron chi connectivity index (χ0n) is 21.6. The van der Waals surface area contributed by atoms with E-state index >= 15 is 0 Å². The van der Waals surface area contributed by atoms with E-state index in [4.69, 9.17) is 0 Å². The molecule has 3 aliphatic rings. The predicted octanol–water partition coefficient (Wildman–Crippen LogP) is 4.57. The summed E-state index contributed by atoms with van der Waals surface area (Å²) in [6.07, 6.45) is 6.80. The highest BCUT2D eigenvalue weighted by Gasteiger charge is 2.46. The second kappa shape index (κ2) is 10.7. The zero-order valence-corrected chi connectivity index (χ0v) is 21.6. The molecule has 5 heteroatoms. The molecular formula is C29H46N4O. The molecule has 2 aromatic rings. The molecule has 0 spiro atoms. The molecule has 1 aromatic heterocycles. The van der Waals surface area contributed by atoms with Crippen molar-refractivity contribution < 1.29 is 5.11 Å². The summed E-state index contributed by atoms with van der Waals surface area (Å²) in [7, 11) is 0. The molecule has 1 saturated carbocycles. The number of aliphatic hydroxyl groups excluding tert-OH is 1. The summed E-state index contributed by atoms with van der Waals surface area (Å²) in [5.74, 6) is 1.72. The first-order chi connectivity index (χ1) is 16.6. The van der Waals surface area contributed by atoms with E-state index in [1.165, 1.54) is 61.9 Å². The Balaban J connectivity index is 1.24. The molecule has 5 rings (SSSR count). The van der Waals surface area contributed by atoms with E-state index in [2.05, 4.69) is 65.1 Å². The molecule has 0 unspecified atom stereocenters. The first-order valence-electron chi connectivity index (χ1n) is 14.1. The molecule has 1 saturated heterocycles. The minimum atomic E-state index is -0.158. The van der Waals surface area contributed by atoms with Crippen molar-refractivity contribution in [3.63, 3.8) is 0 Å². The number of fused-ring (bicyclic) bond motifs is 6. The third-order valence-electron chi connectivity index (χ3n) is 9.42. The van der Waals surface area contributed by atoms with Crippen molar-refractivity contribution in [2.45, 2.75) is 77.5 Å². The lowest BCUT2D eigenvalue weighted by molar-refractivity contribution is -0.0556. The van der Waals surface area contributed by atoms with Crippen LogP contribution < -0.4 is 5.32 Å². The van der Waals surface area contributed by atoms with Crippen molar-refractivity contribution in [3.8, 4) is 0 Å². The maximum Gasteiger partial charge on any atom is 0.0583 e. The van der Waals surface area contributed by atoms with E-state index in [0.717, 1.165) is 38.4 Å². The highest BCUT2D eigenvalue weighted by molar-refractivity contribution is 5.85. The van der Waals surface area contributed by atoms with Gasteiger partial charge in [0.25, 0.3) is 0 Å². The Kier molecular flexibility index (Phi) is 7.64. The van der Waals surface area contributed by atoms with E-state index in [1.807, 2.05) is 0 Å².